The third-order valence-corrected chi connectivity index (χ3v) is 3.19. The van der Waals surface area contributed by atoms with Crippen LogP contribution in [0.5, 0.6) is 5.75 Å². The lowest BCUT2D eigenvalue weighted by Crippen LogP contribution is -1.99. The molecule has 0 aromatic heterocycles. The second kappa shape index (κ2) is 4.89. The van der Waals surface area contributed by atoms with Crippen LogP contribution in [0.1, 0.15) is 30.6 Å². The fourth-order valence-electron chi connectivity index (χ4n) is 1.89. The quantitative estimate of drug-likeness (QED) is 0.877. The molecule has 1 aliphatic carbocycles. The SMILES string of the molecule is C/C(=C/Cl)COc1ccc2c(c1)CC[C@H]2O. The predicted molar refractivity (Wildman–Crippen MR) is 64.8 cm³/mol. The molecule has 0 spiro atoms. The van der Waals surface area contributed by atoms with Gasteiger partial charge in [0.05, 0.1) is 6.10 Å². The first kappa shape index (κ1) is 11.5. The van der Waals surface area contributed by atoms with E-state index in [2.05, 4.69) is 0 Å². The van der Waals surface area contributed by atoms with Gasteiger partial charge in [0.1, 0.15) is 12.4 Å². The molecule has 2 nitrogen and oxygen atoms in total. The van der Waals surface area contributed by atoms with E-state index in [0.29, 0.717) is 6.61 Å². The zero-order valence-electron chi connectivity index (χ0n) is 9.24. The van der Waals surface area contributed by atoms with Gasteiger partial charge in [-0.15, -0.1) is 0 Å². The number of hydrogen-bond donors (Lipinski definition) is 1. The first-order valence-corrected chi connectivity index (χ1v) is 5.84. The number of aliphatic hydroxyl groups is 1. The van der Waals surface area contributed by atoms with E-state index in [-0.39, 0.29) is 6.10 Å². The molecule has 86 valence electrons. The minimum atomic E-state index is -0.298. The number of halogens is 1. The van der Waals surface area contributed by atoms with Crippen molar-refractivity contribution < 1.29 is 9.84 Å². The number of aliphatic hydroxyl groups excluding tert-OH is 1. The van der Waals surface area contributed by atoms with Crippen molar-refractivity contribution in [2.45, 2.75) is 25.9 Å². The Morgan fingerprint density at radius 1 is 1.62 bits per heavy atom. The Kier molecular flexibility index (Phi) is 3.52. The summed E-state index contributed by atoms with van der Waals surface area (Å²) in [6.45, 7) is 2.43. The first-order chi connectivity index (χ1) is 7.70. The molecule has 0 radical (unpaired) electrons. The van der Waals surface area contributed by atoms with Crippen molar-refractivity contribution in [2.24, 2.45) is 0 Å². The largest absolute Gasteiger partial charge is 0.489 e. The molecular weight excluding hydrogens is 224 g/mol. The van der Waals surface area contributed by atoms with E-state index in [4.69, 9.17) is 16.3 Å². The highest BCUT2D eigenvalue weighted by Gasteiger charge is 2.20. The summed E-state index contributed by atoms with van der Waals surface area (Å²) < 4.78 is 5.58. The summed E-state index contributed by atoms with van der Waals surface area (Å²) in [6, 6.07) is 5.85. The van der Waals surface area contributed by atoms with Crippen LogP contribution >= 0.6 is 11.6 Å². The topological polar surface area (TPSA) is 29.5 Å². The summed E-state index contributed by atoms with van der Waals surface area (Å²) in [5.74, 6) is 0.839. The molecule has 0 saturated carbocycles. The van der Waals surface area contributed by atoms with E-state index >= 15 is 0 Å². The van der Waals surface area contributed by atoms with Gasteiger partial charge in [-0.2, -0.15) is 0 Å². The monoisotopic (exact) mass is 238 g/mol. The molecule has 0 saturated heterocycles. The van der Waals surface area contributed by atoms with Crippen LogP contribution < -0.4 is 4.74 Å². The van der Waals surface area contributed by atoms with Gasteiger partial charge in [0.2, 0.25) is 0 Å². The van der Waals surface area contributed by atoms with E-state index in [1.807, 2.05) is 25.1 Å². The Bertz CT molecular complexity index is 412. The van der Waals surface area contributed by atoms with E-state index < -0.39 is 0 Å². The van der Waals surface area contributed by atoms with Gasteiger partial charge in [-0.05, 0) is 48.6 Å². The maximum absolute atomic E-state index is 9.66. The van der Waals surface area contributed by atoms with Crippen molar-refractivity contribution in [2.75, 3.05) is 6.61 Å². The van der Waals surface area contributed by atoms with Crippen LogP contribution in [-0.2, 0) is 6.42 Å². The minimum absolute atomic E-state index is 0.298. The summed E-state index contributed by atoms with van der Waals surface area (Å²) in [5.41, 5.74) is 4.74. The standard InChI is InChI=1S/C13H15ClO2/c1-9(7-14)8-16-11-3-4-12-10(6-11)2-5-13(12)15/h3-4,6-7,13,15H,2,5,8H2,1H3/b9-7-/t13-/m1/s1. The Morgan fingerprint density at radius 2 is 2.44 bits per heavy atom. The zero-order chi connectivity index (χ0) is 11.5. The van der Waals surface area contributed by atoms with Gasteiger partial charge in [-0.1, -0.05) is 17.7 Å². The number of fused-ring (bicyclic) bond motifs is 1. The second-order valence-electron chi connectivity index (χ2n) is 4.16. The van der Waals surface area contributed by atoms with Gasteiger partial charge < -0.3 is 9.84 Å². The van der Waals surface area contributed by atoms with Crippen LogP contribution in [0.4, 0.5) is 0 Å². The average Bonchev–Trinajstić information content (AvgIpc) is 2.67. The lowest BCUT2D eigenvalue weighted by molar-refractivity contribution is 0.180. The Balaban J connectivity index is 2.08. The fourth-order valence-corrected chi connectivity index (χ4v) is 1.95. The molecule has 1 aromatic rings. The molecule has 2 rings (SSSR count). The molecule has 16 heavy (non-hydrogen) atoms. The Labute approximate surface area is 101 Å². The first-order valence-electron chi connectivity index (χ1n) is 5.40. The number of rotatable bonds is 3. The van der Waals surface area contributed by atoms with Crippen molar-refractivity contribution in [1.82, 2.24) is 0 Å². The van der Waals surface area contributed by atoms with Crippen molar-refractivity contribution in [3.05, 3.63) is 40.4 Å². The third-order valence-electron chi connectivity index (χ3n) is 2.81. The predicted octanol–water partition coefficient (Wildman–Crippen LogP) is 3.19. The molecule has 0 amide bonds. The molecule has 0 fully saturated rings. The lowest BCUT2D eigenvalue weighted by Gasteiger charge is -2.08. The Hall–Kier alpha value is -0.990. The number of benzene rings is 1. The molecule has 1 aromatic carbocycles. The fraction of sp³-hybridized carbons (Fsp3) is 0.385. The molecule has 1 atom stereocenters. The second-order valence-corrected chi connectivity index (χ2v) is 4.38. The molecule has 0 aliphatic heterocycles. The van der Waals surface area contributed by atoms with Crippen molar-refractivity contribution in [3.63, 3.8) is 0 Å². The smallest absolute Gasteiger partial charge is 0.120 e. The van der Waals surface area contributed by atoms with Crippen molar-refractivity contribution in [1.29, 1.82) is 0 Å². The zero-order valence-corrected chi connectivity index (χ0v) is 10.00. The normalized spacial score (nSPS) is 19.7. The molecule has 0 unspecified atom stereocenters. The van der Waals surface area contributed by atoms with Crippen LogP contribution in [0.25, 0.3) is 0 Å². The van der Waals surface area contributed by atoms with Crippen LogP contribution in [0.2, 0.25) is 0 Å². The van der Waals surface area contributed by atoms with E-state index in [9.17, 15) is 5.11 Å². The molecule has 0 heterocycles. The molecule has 1 N–H and O–H groups in total. The Morgan fingerprint density at radius 3 is 3.19 bits per heavy atom. The van der Waals surface area contributed by atoms with Crippen LogP contribution in [0.3, 0.4) is 0 Å². The summed E-state index contributed by atoms with van der Waals surface area (Å²) in [5, 5.41) is 9.66. The molecular formula is C13H15ClO2. The number of ether oxygens (including phenoxy) is 1. The average molecular weight is 239 g/mol. The van der Waals surface area contributed by atoms with E-state index in [0.717, 1.165) is 29.7 Å². The van der Waals surface area contributed by atoms with Gasteiger partial charge in [0, 0.05) is 5.54 Å². The van der Waals surface area contributed by atoms with Crippen LogP contribution in [-0.4, -0.2) is 11.7 Å². The van der Waals surface area contributed by atoms with Gasteiger partial charge in [-0.25, -0.2) is 0 Å². The summed E-state index contributed by atoms with van der Waals surface area (Å²) in [7, 11) is 0. The summed E-state index contributed by atoms with van der Waals surface area (Å²) >= 11 is 5.56. The van der Waals surface area contributed by atoms with Gasteiger partial charge in [-0.3, -0.25) is 0 Å². The summed E-state index contributed by atoms with van der Waals surface area (Å²) in [6.07, 6.45) is 1.45. The van der Waals surface area contributed by atoms with Gasteiger partial charge in [0.15, 0.2) is 0 Å². The highest BCUT2D eigenvalue weighted by molar-refractivity contribution is 6.25. The van der Waals surface area contributed by atoms with E-state index in [1.54, 1.807) is 0 Å². The van der Waals surface area contributed by atoms with Gasteiger partial charge in [0.25, 0.3) is 0 Å². The van der Waals surface area contributed by atoms with Gasteiger partial charge >= 0.3 is 0 Å². The van der Waals surface area contributed by atoms with Crippen molar-refractivity contribution in [3.8, 4) is 5.75 Å². The maximum Gasteiger partial charge on any atom is 0.120 e. The number of aryl methyl sites for hydroxylation is 1. The van der Waals surface area contributed by atoms with E-state index in [1.165, 1.54) is 11.1 Å². The summed E-state index contributed by atoms with van der Waals surface area (Å²) in [4.78, 5) is 0. The van der Waals surface area contributed by atoms with Crippen LogP contribution in [0.15, 0.2) is 29.3 Å². The van der Waals surface area contributed by atoms with Crippen molar-refractivity contribution >= 4 is 11.6 Å². The molecule has 1 aliphatic rings. The highest BCUT2D eigenvalue weighted by Crippen LogP contribution is 2.33. The molecule has 0 bridgehead atoms. The lowest BCUT2D eigenvalue weighted by atomic mass is 10.1. The number of hydrogen-bond acceptors (Lipinski definition) is 2. The third kappa shape index (κ3) is 2.39. The molecule has 3 heteroatoms. The highest BCUT2D eigenvalue weighted by atomic mass is 35.5. The van der Waals surface area contributed by atoms with Crippen LogP contribution in [0, 0.1) is 0 Å². The minimum Gasteiger partial charge on any atom is -0.489 e. The maximum atomic E-state index is 9.66.